The lowest BCUT2D eigenvalue weighted by Gasteiger charge is -2.11. The average molecular weight is 486 g/mol. The molecule has 2 N–H and O–H groups in total. The summed E-state index contributed by atoms with van der Waals surface area (Å²) in [6.07, 6.45) is 1.52. The van der Waals surface area contributed by atoms with E-state index in [4.69, 9.17) is 23.2 Å². The Labute approximate surface area is 186 Å². The topological polar surface area (TPSA) is 88.2 Å². The zero-order valence-electron chi connectivity index (χ0n) is 15.2. The van der Waals surface area contributed by atoms with Gasteiger partial charge in [-0.05, 0) is 37.1 Å². The minimum atomic E-state index is -3.88. The van der Waals surface area contributed by atoms with Gasteiger partial charge in [0, 0.05) is 17.0 Å². The Hall–Kier alpha value is -2.04. The first kappa shape index (κ1) is 21.2. The normalized spacial score (nSPS) is 14.0. The first-order chi connectivity index (χ1) is 14.2. The summed E-state index contributed by atoms with van der Waals surface area (Å²) in [7, 11) is -3.88. The Kier molecular flexibility index (Phi) is 5.82. The highest BCUT2D eigenvalue weighted by Gasteiger charge is 2.30. The number of aromatic nitrogens is 1. The number of hydrogen-bond acceptors (Lipinski definition) is 5. The molecule has 0 aliphatic heterocycles. The molecule has 4 rings (SSSR count). The number of hydrogen-bond donors (Lipinski definition) is 2. The van der Waals surface area contributed by atoms with Gasteiger partial charge in [0.05, 0.1) is 21.3 Å². The number of halogens is 3. The van der Waals surface area contributed by atoms with Crippen LogP contribution in [0.2, 0.25) is 10.0 Å². The van der Waals surface area contributed by atoms with Crippen LogP contribution < -0.4 is 10.0 Å². The highest BCUT2D eigenvalue weighted by Crippen LogP contribution is 2.32. The predicted molar refractivity (Wildman–Crippen MR) is 115 cm³/mol. The van der Waals surface area contributed by atoms with Gasteiger partial charge in [0.15, 0.2) is 5.13 Å². The maximum Gasteiger partial charge on any atom is 0.259 e. The Balaban J connectivity index is 1.58. The predicted octanol–water partition coefficient (Wildman–Crippen LogP) is 4.95. The quantitative estimate of drug-likeness (QED) is 0.516. The van der Waals surface area contributed by atoms with E-state index in [1.807, 2.05) is 0 Å². The fourth-order valence-electron chi connectivity index (χ4n) is 2.67. The van der Waals surface area contributed by atoms with E-state index >= 15 is 0 Å². The van der Waals surface area contributed by atoms with Crippen molar-refractivity contribution in [3.63, 3.8) is 0 Å². The van der Waals surface area contributed by atoms with Crippen LogP contribution in [-0.2, 0) is 10.0 Å². The largest absolute Gasteiger partial charge is 0.298 e. The van der Waals surface area contributed by atoms with Crippen molar-refractivity contribution >= 4 is 55.6 Å². The van der Waals surface area contributed by atoms with Crippen LogP contribution in [0.15, 0.2) is 46.7 Å². The second kappa shape index (κ2) is 8.24. The molecule has 0 atom stereocenters. The van der Waals surface area contributed by atoms with Crippen LogP contribution in [0.4, 0.5) is 9.52 Å². The summed E-state index contributed by atoms with van der Waals surface area (Å²) in [6.45, 7) is 0. The molecule has 30 heavy (non-hydrogen) atoms. The Bertz CT molecular complexity index is 1240. The minimum Gasteiger partial charge on any atom is -0.298 e. The molecule has 1 heterocycles. The number of benzene rings is 2. The molecule has 1 aliphatic carbocycles. The van der Waals surface area contributed by atoms with Crippen molar-refractivity contribution in [2.75, 3.05) is 5.32 Å². The van der Waals surface area contributed by atoms with Crippen LogP contribution in [0.5, 0.6) is 0 Å². The highest BCUT2D eigenvalue weighted by atomic mass is 35.5. The summed E-state index contributed by atoms with van der Waals surface area (Å²) in [4.78, 5) is 16.8. The van der Waals surface area contributed by atoms with Gasteiger partial charge in [0.25, 0.3) is 5.91 Å². The van der Waals surface area contributed by atoms with Gasteiger partial charge in [0.1, 0.15) is 10.7 Å². The van der Waals surface area contributed by atoms with Crippen molar-refractivity contribution in [1.29, 1.82) is 0 Å². The van der Waals surface area contributed by atoms with Gasteiger partial charge >= 0.3 is 0 Å². The lowest BCUT2D eigenvalue weighted by molar-refractivity contribution is 0.102. The number of amides is 1. The average Bonchev–Trinajstić information content (AvgIpc) is 3.35. The molecule has 1 saturated carbocycles. The third-order valence-electron chi connectivity index (χ3n) is 4.30. The zero-order valence-corrected chi connectivity index (χ0v) is 18.3. The van der Waals surface area contributed by atoms with Crippen molar-refractivity contribution in [2.24, 2.45) is 0 Å². The van der Waals surface area contributed by atoms with E-state index in [1.165, 1.54) is 18.2 Å². The van der Waals surface area contributed by atoms with Gasteiger partial charge in [0.2, 0.25) is 10.0 Å². The molecule has 2 aromatic carbocycles. The monoisotopic (exact) mass is 485 g/mol. The van der Waals surface area contributed by atoms with E-state index in [1.54, 1.807) is 17.5 Å². The molecule has 1 aromatic heterocycles. The molecule has 6 nitrogen and oxygen atoms in total. The molecular weight excluding hydrogens is 472 g/mol. The van der Waals surface area contributed by atoms with E-state index in [2.05, 4.69) is 15.0 Å². The summed E-state index contributed by atoms with van der Waals surface area (Å²) >= 11 is 13.3. The van der Waals surface area contributed by atoms with E-state index in [9.17, 15) is 17.6 Å². The van der Waals surface area contributed by atoms with Crippen LogP contribution in [0, 0.1) is 5.82 Å². The molecule has 1 amide bonds. The Morgan fingerprint density at radius 3 is 2.63 bits per heavy atom. The molecule has 3 aromatic rings. The van der Waals surface area contributed by atoms with Crippen molar-refractivity contribution in [3.05, 3.63) is 63.2 Å². The third-order valence-corrected chi connectivity index (χ3v) is 7.36. The number of nitrogens with one attached hydrogen (secondary N) is 2. The van der Waals surface area contributed by atoms with Crippen molar-refractivity contribution in [1.82, 2.24) is 9.71 Å². The fourth-order valence-corrected chi connectivity index (χ4v) is 5.55. The number of rotatable bonds is 6. The molecule has 0 unspecified atom stereocenters. The zero-order chi connectivity index (χ0) is 21.5. The number of thiazole rings is 1. The molecule has 0 radical (unpaired) electrons. The molecule has 1 aliphatic rings. The van der Waals surface area contributed by atoms with Gasteiger partial charge in [-0.2, -0.15) is 0 Å². The standard InChI is InChI=1S/C19H14Cl2FN3O3S2/c20-14-8-15(21)17(30(27,28)25-12-4-5-12)7-13(14)18(26)24-19-23-16(9-29-19)10-2-1-3-11(22)6-10/h1-3,6-9,12,25H,4-5H2,(H,23,24,26). The molecule has 0 bridgehead atoms. The van der Waals surface area contributed by atoms with Crippen molar-refractivity contribution < 1.29 is 17.6 Å². The smallest absolute Gasteiger partial charge is 0.259 e. The van der Waals surface area contributed by atoms with E-state index in [0.717, 1.165) is 30.2 Å². The first-order valence-corrected chi connectivity index (χ1v) is 11.9. The van der Waals surface area contributed by atoms with E-state index in [0.29, 0.717) is 11.3 Å². The van der Waals surface area contributed by atoms with E-state index in [-0.39, 0.29) is 31.7 Å². The highest BCUT2D eigenvalue weighted by molar-refractivity contribution is 7.89. The molecular formula is C19H14Cl2FN3O3S2. The molecule has 1 fully saturated rings. The minimum absolute atomic E-state index is 0.00443. The van der Waals surface area contributed by atoms with Crippen LogP contribution in [0.25, 0.3) is 11.3 Å². The second-order valence-corrected chi connectivity index (χ2v) is 10.0. The lowest BCUT2D eigenvalue weighted by Crippen LogP contribution is -2.26. The summed E-state index contributed by atoms with van der Waals surface area (Å²) < 4.78 is 41.0. The number of sulfonamides is 1. The Morgan fingerprint density at radius 1 is 1.17 bits per heavy atom. The number of nitrogens with zero attached hydrogens (tertiary/aromatic N) is 1. The number of carbonyl (C=O) groups is 1. The van der Waals surface area contributed by atoms with Gasteiger partial charge in [-0.25, -0.2) is 22.5 Å². The van der Waals surface area contributed by atoms with E-state index < -0.39 is 21.7 Å². The summed E-state index contributed by atoms with van der Waals surface area (Å²) in [6, 6.07) is 8.17. The van der Waals surface area contributed by atoms with Crippen molar-refractivity contribution in [3.8, 4) is 11.3 Å². The van der Waals surface area contributed by atoms with Gasteiger partial charge in [-0.15, -0.1) is 11.3 Å². The number of anilines is 1. The van der Waals surface area contributed by atoms with Crippen LogP contribution in [0.3, 0.4) is 0 Å². The maximum atomic E-state index is 13.4. The van der Waals surface area contributed by atoms with Gasteiger partial charge < -0.3 is 0 Å². The lowest BCUT2D eigenvalue weighted by atomic mass is 10.2. The Morgan fingerprint density at radius 2 is 1.93 bits per heavy atom. The summed E-state index contributed by atoms with van der Waals surface area (Å²) in [5.41, 5.74) is 1.00. The van der Waals surface area contributed by atoms with Crippen LogP contribution in [-0.4, -0.2) is 25.4 Å². The molecule has 0 saturated heterocycles. The number of carbonyl (C=O) groups excluding carboxylic acids is 1. The van der Waals surface area contributed by atoms with Crippen LogP contribution in [0.1, 0.15) is 23.2 Å². The fraction of sp³-hybridized carbons (Fsp3) is 0.158. The molecule has 156 valence electrons. The SMILES string of the molecule is O=C(Nc1nc(-c2cccc(F)c2)cs1)c1cc(S(=O)(=O)NC2CC2)c(Cl)cc1Cl. The van der Waals surface area contributed by atoms with Gasteiger partial charge in [-0.1, -0.05) is 35.3 Å². The maximum absolute atomic E-state index is 13.4. The summed E-state index contributed by atoms with van der Waals surface area (Å²) in [5.74, 6) is -1.03. The molecule has 0 spiro atoms. The van der Waals surface area contributed by atoms with Gasteiger partial charge in [-0.3, -0.25) is 10.1 Å². The summed E-state index contributed by atoms with van der Waals surface area (Å²) in [5, 5.41) is 4.44. The van der Waals surface area contributed by atoms with Crippen molar-refractivity contribution in [2.45, 2.75) is 23.8 Å². The molecule has 11 heteroatoms. The second-order valence-electron chi connectivity index (χ2n) is 6.66. The third kappa shape index (κ3) is 4.65. The van der Waals surface area contributed by atoms with Crippen LogP contribution >= 0.6 is 34.5 Å². The first-order valence-electron chi connectivity index (χ1n) is 8.77.